The topological polar surface area (TPSA) is 92.4 Å². The molecule has 0 radical (unpaired) electrons. The second-order valence-corrected chi connectivity index (χ2v) is 3.50. The van der Waals surface area contributed by atoms with Gasteiger partial charge in [-0.2, -0.15) is 0 Å². The van der Waals surface area contributed by atoms with Crippen molar-refractivity contribution in [3.63, 3.8) is 0 Å². The fraction of sp³-hybridized carbons (Fsp3) is 0.273. The number of halogens is 1. The van der Waals surface area contributed by atoms with Crippen LogP contribution in [0, 0.1) is 5.82 Å². The largest absolute Gasteiger partial charge is 0.478 e. The molecule has 92 valence electrons. The molecule has 5 nitrogen and oxygen atoms in total. The summed E-state index contributed by atoms with van der Waals surface area (Å²) >= 11 is 0. The van der Waals surface area contributed by atoms with Crippen LogP contribution in [0.3, 0.4) is 0 Å². The number of carboxylic acids is 1. The zero-order valence-corrected chi connectivity index (χ0v) is 9.24. The van der Waals surface area contributed by atoms with Crippen LogP contribution in [0.2, 0.25) is 0 Å². The van der Waals surface area contributed by atoms with Gasteiger partial charge >= 0.3 is 5.97 Å². The van der Waals surface area contributed by atoms with Gasteiger partial charge in [0.05, 0.1) is 11.6 Å². The third-order valence-electron chi connectivity index (χ3n) is 2.24. The second-order valence-electron chi connectivity index (χ2n) is 3.50. The predicted molar refractivity (Wildman–Crippen MR) is 60.3 cm³/mol. The molecule has 17 heavy (non-hydrogen) atoms. The van der Waals surface area contributed by atoms with E-state index in [0.29, 0.717) is 6.42 Å². The van der Waals surface area contributed by atoms with Crippen LogP contribution in [0.4, 0.5) is 10.1 Å². The number of rotatable bonds is 4. The fourth-order valence-corrected chi connectivity index (χ4v) is 1.19. The number of benzene rings is 1. The van der Waals surface area contributed by atoms with E-state index in [2.05, 4.69) is 5.32 Å². The Morgan fingerprint density at radius 2 is 2.18 bits per heavy atom. The summed E-state index contributed by atoms with van der Waals surface area (Å²) in [5, 5.41) is 11.0. The van der Waals surface area contributed by atoms with E-state index in [9.17, 15) is 14.0 Å². The molecule has 1 aromatic carbocycles. The van der Waals surface area contributed by atoms with Crippen molar-refractivity contribution in [2.45, 2.75) is 19.4 Å². The third kappa shape index (κ3) is 3.25. The van der Waals surface area contributed by atoms with Gasteiger partial charge in [-0.1, -0.05) is 6.92 Å². The minimum atomic E-state index is -1.36. The molecule has 1 atom stereocenters. The van der Waals surface area contributed by atoms with Gasteiger partial charge in [0.25, 0.3) is 0 Å². The van der Waals surface area contributed by atoms with Crippen LogP contribution >= 0.6 is 0 Å². The highest BCUT2D eigenvalue weighted by Gasteiger charge is 2.14. The standard InChI is InChI=1S/C11H13FN2O3/c1-2-9(13)10(15)14-6-3-4-7(11(16)17)8(12)5-6/h3-5,9H,2,13H2,1H3,(H,14,15)(H,16,17). The molecule has 1 unspecified atom stereocenters. The maximum Gasteiger partial charge on any atom is 0.338 e. The van der Waals surface area contributed by atoms with E-state index in [4.69, 9.17) is 10.8 Å². The zero-order chi connectivity index (χ0) is 13.0. The second kappa shape index (κ2) is 5.40. The predicted octanol–water partition coefficient (Wildman–Crippen LogP) is 1.20. The molecule has 0 heterocycles. The van der Waals surface area contributed by atoms with Crippen LogP contribution in [0.1, 0.15) is 23.7 Å². The third-order valence-corrected chi connectivity index (χ3v) is 2.24. The van der Waals surface area contributed by atoms with E-state index >= 15 is 0 Å². The lowest BCUT2D eigenvalue weighted by molar-refractivity contribution is -0.117. The minimum absolute atomic E-state index is 0.182. The first-order valence-electron chi connectivity index (χ1n) is 5.05. The maximum absolute atomic E-state index is 13.3. The van der Waals surface area contributed by atoms with Gasteiger partial charge in [-0.05, 0) is 24.6 Å². The van der Waals surface area contributed by atoms with E-state index in [1.54, 1.807) is 6.92 Å². The number of aromatic carboxylic acids is 1. The first-order valence-corrected chi connectivity index (χ1v) is 5.05. The van der Waals surface area contributed by atoms with Crippen LogP contribution in [0.15, 0.2) is 18.2 Å². The van der Waals surface area contributed by atoms with Crippen molar-refractivity contribution in [1.29, 1.82) is 0 Å². The number of carboxylic acid groups (broad SMARTS) is 1. The van der Waals surface area contributed by atoms with Gasteiger partial charge in [0.1, 0.15) is 5.82 Å². The Hall–Kier alpha value is -1.95. The molecule has 1 aromatic rings. The van der Waals surface area contributed by atoms with Crippen molar-refractivity contribution in [3.05, 3.63) is 29.6 Å². The molecule has 0 spiro atoms. The van der Waals surface area contributed by atoms with E-state index in [1.807, 2.05) is 0 Å². The molecule has 1 rings (SSSR count). The molecule has 0 fully saturated rings. The van der Waals surface area contributed by atoms with Crippen LogP contribution in [0.25, 0.3) is 0 Å². The number of hydrogen-bond donors (Lipinski definition) is 3. The highest BCUT2D eigenvalue weighted by molar-refractivity contribution is 5.95. The summed E-state index contributed by atoms with van der Waals surface area (Å²) in [5.74, 6) is -2.69. The number of carbonyl (C=O) groups excluding carboxylic acids is 1. The number of anilines is 1. The molecular formula is C11H13FN2O3. The molecule has 6 heteroatoms. The average Bonchev–Trinajstić information content (AvgIpc) is 2.27. The van der Waals surface area contributed by atoms with Gasteiger partial charge in [0.2, 0.25) is 5.91 Å². The SMILES string of the molecule is CCC(N)C(=O)Nc1ccc(C(=O)O)c(F)c1. The lowest BCUT2D eigenvalue weighted by atomic mass is 10.1. The summed E-state index contributed by atoms with van der Waals surface area (Å²) < 4.78 is 13.3. The molecule has 0 bridgehead atoms. The summed E-state index contributed by atoms with van der Waals surface area (Å²) in [7, 11) is 0. The van der Waals surface area contributed by atoms with E-state index in [1.165, 1.54) is 6.07 Å². The highest BCUT2D eigenvalue weighted by Crippen LogP contribution is 2.14. The lowest BCUT2D eigenvalue weighted by Gasteiger charge is -2.10. The van der Waals surface area contributed by atoms with Crippen LogP contribution in [-0.4, -0.2) is 23.0 Å². The van der Waals surface area contributed by atoms with E-state index < -0.39 is 29.3 Å². The van der Waals surface area contributed by atoms with Gasteiger partial charge in [0, 0.05) is 5.69 Å². The normalized spacial score (nSPS) is 11.9. The number of amides is 1. The van der Waals surface area contributed by atoms with Crippen molar-refractivity contribution in [3.8, 4) is 0 Å². The summed E-state index contributed by atoms with van der Waals surface area (Å²) in [6.07, 6.45) is 0.460. The highest BCUT2D eigenvalue weighted by atomic mass is 19.1. The molecule has 0 saturated heterocycles. The van der Waals surface area contributed by atoms with Gasteiger partial charge in [-0.25, -0.2) is 9.18 Å². The Morgan fingerprint density at radius 1 is 1.53 bits per heavy atom. The number of hydrogen-bond acceptors (Lipinski definition) is 3. The Balaban J connectivity index is 2.84. The summed E-state index contributed by atoms with van der Waals surface area (Å²) in [6, 6.07) is 2.68. The number of carbonyl (C=O) groups is 2. The quantitative estimate of drug-likeness (QED) is 0.737. The average molecular weight is 240 g/mol. The Bertz CT molecular complexity index is 448. The number of nitrogens with two attached hydrogens (primary N) is 1. The summed E-state index contributed by atoms with van der Waals surface area (Å²) in [5.41, 5.74) is 5.22. The zero-order valence-electron chi connectivity index (χ0n) is 9.24. The van der Waals surface area contributed by atoms with Gasteiger partial charge in [-0.15, -0.1) is 0 Å². The smallest absolute Gasteiger partial charge is 0.338 e. The van der Waals surface area contributed by atoms with E-state index in [-0.39, 0.29) is 5.69 Å². The van der Waals surface area contributed by atoms with Crippen molar-refractivity contribution in [2.75, 3.05) is 5.32 Å². The molecule has 1 amide bonds. The molecule has 0 aliphatic heterocycles. The van der Waals surface area contributed by atoms with E-state index in [0.717, 1.165) is 12.1 Å². The van der Waals surface area contributed by atoms with Crippen molar-refractivity contribution in [2.24, 2.45) is 5.73 Å². The van der Waals surface area contributed by atoms with Crippen molar-refractivity contribution < 1.29 is 19.1 Å². The van der Waals surface area contributed by atoms with Crippen molar-refractivity contribution >= 4 is 17.6 Å². The van der Waals surface area contributed by atoms with Gasteiger partial charge < -0.3 is 16.2 Å². The van der Waals surface area contributed by atoms with Crippen LogP contribution in [0.5, 0.6) is 0 Å². The Kier molecular flexibility index (Phi) is 4.17. The number of nitrogens with one attached hydrogen (secondary N) is 1. The van der Waals surface area contributed by atoms with Crippen LogP contribution in [-0.2, 0) is 4.79 Å². The molecule has 0 saturated carbocycles. The first kappa shape index (κ1) is 13.1. The maximum atomic E-state index is 13.3. The molecule has 4 N–H and O–H groups in total. The monoisotopic (exact) mass is 240 g/mol. The minimum Gasteiger partial charge on any atom is -0.478 e. The first-order chi connectivity index (χ1) is 7.95. The van der Waals surface area contributed by atoms with Crippen LogP contribution < -0.4 is 11.1 Å². The Morgan fingerprint density at radius 3 is 2.65 bits per heavy atom. The molecular weight excluding hydrogens is 227 g/mol. The lowest BCUT2D eigenvalue weighted by Crippen LogP contribution is -2.34. The summed E-state index contributed by atoms with van der Waals surface area (Å²) in [6.45, 7) is 1.75. The van der Waals surface area contributed by atoms with Gasteiger partial charge in [0.15, 0.2) is 0 Å². The molecule has 0 aromatic heterocycles. The fourth-order valence-electron chi connectivity index (χ4n) is 1.19. The van der Waals surface area contributed by atoms with Gasteiger partial charge in [-0.3, -0.25) is 4.79 Å². The summed E-state index contributed by atoms with van der Waals surface area (Å²) in [4.78, 5) is 22.0. The molecule has 0 aliphatic rings. The Labute approximate surface area is 97.4 Å². The molecule has 0 aliphatic carbocycles. The van der Waals surface area contributed by atoms with Crippen molar-refractivity contribution in [1.82, 2.24) is 0 Å².